The number of nitrogens with one attached hydrogen (secondary N) is 2. The van der Waals surface area contributed by atoms with Gasteiger partial charge in [-0.3, -0.25) is 5.32 Å². The Morgan fingerprint density at radius 2 is 1.61 bits per heavy atom. The third-order valence-corrected chi connectivity index (χ3v) is 8.35. The summed E-state index contributed by atoms with van der Waals surface area (Å²) in [6.45, 7) is 1.35. The lowest BCUT2D eigenvalue weighted by molar-refractivity contribution is 0.256. The van der Waals surface area contributed by atoms with Crippen molar-refractivity contribution >= 4 is 37.8 Å². The fourth-order valence-electron chi connectivity index (χ4n) is 3.31. The molecule has 2 aromatic rings. The Morgan fingerprint density at radius 1 is 1.00 bits per heavy atom. The molecule has 180 valence electrons. The van der Waals surface area contributed by atoms with Crippen LogP contribution in [0.1, 0.15) is 25.7 Å². The van der Waals surface area contributed by atoms with E-state index in [1.807, 2.05) is 4.90 Å². The smallest absolute Gasteiger partial charge is 0.335 e. The van der Waals surface area contributed by atoms with Crippen molar-refractivity contribution in [1.82, 2.24) is 19.0 Å². The summed E-state index contributed by atoms with van der Waals surface area (Å²) < 4.78 is 67.1. The maximum atomic E-state index is 14.1. The molecule has 0 saturated carbocycles. The molecule has 0 atom stereocenters. The van der Waals surface area contributed by atoms with Crippen LogP contribution < -0.4 is 14.9 Å². The van der Waals surface area contributed by atoms with Gasteiger partial charge in [0.25, 0.3) is 10.0 Å². The van der Waals surface area contributed by atoms with Crippen LogP contribution in [0.15, 0.2) is 40.1 Å². The molecule has 0 radical (unpaired) electrons. The second kappa shape index (κ2) is 9.97. The van der Waals surface area contributed by atoms with Gasteiger partial charge in [-0.15, -0.1) is 0 Å². The number of aromatic nitrogens is 2. The highest BCUT2D eigenvalue weighted by atomic mass is 32.2. The fourth-order valence-corrected chi connectivity index (χ4v) is 5.92. The SMILES string of the molecule is CN(C)S(=O)(=O)c1ccccc1S(=O)(=O)NC(=O)Nc1nc(F)cc(N2CCCCCC2)n1. The molecule has 14 heteroatoms. The largest absolute Gasteiger partial charge is 0.356 e. The molecule has 1 aromatic heterocycles. The van der Waals surface area contributed by atoms with Crippen LogP contribution in [0.4, 0.5) is 21.0 Å². The van der Waals surface area contributed by atoms with Crippen molar-refractivity contribution in [3.8, 4) is 0 Å². The Hall–Kier alpha value is -2.84. The van der Waals surface area contributed by atoms with Gasteiger partial charge in [-0.2, -0.15) is 14.4 Å². The molecule has 0 aliphatic carbocycles. The van der Waals surface area contributed by atoms with E-state index < -0.39 is 47.8 Å². The van der Waals surface area contributed by atoms with Gasteiger partial charge < -0.3 is 4.90 Å². The van der Waals surface area contributed by atoms with Gasteiger partial charge in [0.2, 0.25) is 21.9 Å². The minimum atomic E-state index is -4.60. The number of hydrogen-bond acceptors (Lipinski definition) is 8. The lowest BCUT2D eigenvalue weighted by atomic mass is 10.2. The Bertz CT molecular complexity index is 1230. The van der Waals surface area contributed by atoms with Crippen molar-refractivity contribution in [2.45, 2.75) is 35.5 Å². The highest BCUT2D eigenvalue weighted by molar-refractivity contribution is 7.92. The molecule has 2 amide bonds. The number of carbonyl (C=O) groups excluding carboxylic acids is 1. The van der Waals surface area contributed by atoms with E-state index in [1.54, 1.807) is 4.72 Å². The van der Waals surface area contributed by atoms with Crippen LogP contribution in [0.25, 0.3) is 0 Å². The van der Waals surface area contributed by atoms with Gasteiger partial charge >= 0.3 is 6.03 Å². The molecule has 1 aromatic carbocycles. The van der Waals surface area contributed by atoms with Gasteiger partial charge in [0, 0.05) is 33.3 Å². The van der Waals surface area contributed by atoms with Gasteiger partial charge in [0.15, 0.2) is 0 Å². The summed E-state index contributed by atoms with van der Waals surface area (Å²) in [4.78, 5) is 20.8. The van der Waals surface area contributed by atoms with Crippen LogP contribution in [0.5, 0.6) is 0 Å². The molecule has 1 aliphatic heterocycles. The van der Waals surface area contributed by atoms with Crippen LogP contribution in [0.2, 0.25) is 0 Å². The Labute approximate surface area is 192 Å². The number of carbonyl (C=O) groups is 1. The first-order valence-electron chi connectivity index (χ1n) is 10.2. The van der Waals surface area contributed by atoms with E-state index >= 15 is 0 Å². The first-order chi connectivity index (χ1) is 15.5. The topological polar surface area (TPSA) is 142 Å². The second-order valence-corrected chi connectivity index (χ2v) is 11.3. The summed E-state index contributed by atoms with van der Waals surface area (Å²) in [7, 11) is -6.21. The molecule has 1 saturated heterocycles. The molecular weight excluding hydrogens is 475 g/mol. The summed E-state index contributed by atoms with van der Waals surface area (Å²) in [6, 6.07) is 4.74. The molecule has 0 spiro atoms. The summed E-state index contributed by atoms with van der Waals surface area (Å²) in [5, 5.41) is 2.11. The van der Waals surface area contributed by atoms with Crippen LogP contribution in [0, 0.1) is 5.95 Å². The lowest BCUT2D eigenvalue weighted by Crippen LogP contribution is -2.36. The van der Waals surface area contributed by atoms with Crippen LogP contribution in [-0.2, 0) is 20.0 Å². The third kappa shape index (κ3) is 5.94. The van der Waals surface area contributed by atoms with Crippen LogP contribution in [0.3, 0.4) is 0 Å². The molecular formula is C19H25FN6O5S2. The zero-order valence-corrected chi connectivity index (χ0v) is 19.8. The average molecular weight is 501 g/mol. The highest BCUT2D eigenvalue weighted by Crippen LogP contribution is 2.23. The summed E-state index contributed by atoms with van der Waals surface area (Å²) in [6.07, 6.45) is 3.95. The van der Waals surface area contributed by atoms with Crippen molar-refractivity contribution in [2.75, 3.05) is 37.4 Å². The minimum Gasteiger partial charge on any atom is -0.356 e. The molecule has 0 bridgehead atoms. The minimum absolute atomic E-state index is 0.282. The van der Waals surface area contributed by atoms with E-state index in [4.69, 9.17) is 0 Å². The summed E-state index contributed by atoms with van der Waals surface area (Å²) in [5.74, 6) is -1.02. The zero-order chi connectivity index (χ0) is 24.2. The standard InChI is InChI=1S/C19H25FN6O5S2/c1-25(2)33(30,31)15-10-6-5-9-14(15)32(28,29)24-19(27)23-18-21-16(20)13-17(22-18)26-11-7-3-4-8-12-26/h5-6,9-10,13H,3-4,7-8,11-12H2,1-2H3,(H2,21,22,23,24,27). The second-order valence-electron chi connectivity index (χ2n) is 7.57. The number of sulfonamides is 2. The monoisotopic (exact) mass is 500 g/mol. The quantitative estimate of drug-likeness (QED) is 0.572. The first-order valence-corrected chi connectivity index (χ1v) is 13.1. The van der Waals surface area contributed by atoms with Crippen LogP contribution >= 0.6 is 0 Å². The van der Waals surface area contributed by atoms with E-state index in [2.05, 4.69) is 15.3 Å². The van der Waals surface area contributed by atoms with Gasteiger partial charge in [0.05, 0.1) is 0 Å². The zero-order valence-electron chi connectivity index (χ0n) is 18.2. The van der Waals surface area contributed by atoms with E-state index in [0.29, 0.717) is 13.1 Å². The number of amides is 2. The number of halogens is 1. The first kappa shape index (κ1) is 24.8. The molecule has 33 heavy (non-hydrogen) atoms. The van der Waals surface area contributed by atoms with Crippen molar-refractivity contribution in [1.29, 1.82) is 0 Å². The van der Waals surface area contributed by atoms with E-state index in [0.717, 1.165) is 48.2 Å². The fraction of sp³-hybridized carbons (Fsp3) is 0.421. The number of anilines is 2. The number of urea groups is 1. The highest BCUT2D eigenvalue weighted by Gasteiger charge is 2.29. The molecule has 3 rings (SSSR count). The van der Waals surface area contributed by atoms with E-state index in [1.165, 1.54) is 26.2 Å². The van der Waals surface area contributed by atoms with Gasteiger partial charge in [-0.05, 0) is 25.0 Å². The molecule has 1 fully saturated rings. The predicted octanol–water partition coefficient (Wildman–Crippen LogP) is 1.76. The molecule has 1 aliphatic rings. The average Bonchev–Trinajstić information content (AvgIpc) is 3.02. The number of hydrogen-bond donors (Lipinski definition) is 2. The van der Waals surface area contributed by atoms with Crippen molar-refractivity contribution in [2.24, 2.45) is 0 Å². The van der Waals surface area contributed by atoms with Gasteiger partial charge in [0.1, 0.15) is 15.6 Å². The Kier molecular flexibility index (Phi) is 7.49. The lowest BCUT2D eigenvalue weighted by Gasteiger charge is -2.21. The van der Waals surface area contributed by atoms with Gasteiger partial charge in [-0.1, -0.05) is 25.0 Å². The maximum absolute atomic E-state index is 14.1. The Balaban J connectivity index is 1.82. The molecule has 11 nitrogen and oxygen atoms in total. The Morgan fingerprint density at radius 3 is 2.21 bits per heavy atom. The summed E-state index contributed by atoms with van der Waals surface area (Å²) in [5.41, 5.74) is 0. The van der Waals surface area contributed by atoms with Crippen molar-refractivity contribution < 1.29 is 26.0 Å². The molecule has 0 unspecified atom stereocenters. The summed E-state index contributed by atoms with van der Waals surface area (Å²) >= 11 is 0. The van der Waals surface area contributed by atoms with Gasteiger partial charge in [-0.25, -0.2) is 30.7 Å². The number of rotatable bonds is 6. The van der Waals surface area contributed by atoms with E-state index in [9.17, 15) is 26.0 Å². The van der Waals surface area contributed by atoms with Crippen molar-refractivity contribution in [3.63, 3.8) is 0 Å². The van der Waals surface area contributed by atoms with E-state index in [-0.39, 0.29) is 5.82 Å². The van der Waals surface area contributed by atoms with Crippen LogP contribution in [-0.4, -0.2) is 64.3 Å². The third-order valence-electron chi connectivity index (χ3n) is 4.96. The molecule has 2 N–H and O–H groups in total. The predicted molar refractivity (Wildman–Crippen MR) is 119 cm³/mol. The maximum Gasteiger partial charge on any atom is 0.335 e. The number of benzene rings is 1. The number of nitrogens with zero attached hydrogens (tertiary/aromatic N) is 4. The molecule has 2 heterocycles. The normalized spacial score (nSPS) is 15.2. The van der Waals surface area contributed by atoms with Crippen molar-refractivity contribution in [3.05, 3.63) is 36.3 Å².